The Balaban J connectivity index is 1.67. The summed E-state index contributed by atoms with van der Waals surface area (Å²) in [5, 5.41) is 0. The molecule has 0 bridgehead atoms. The molecule has 2 heterocycles. The van der Waals surface area contributed by atoms with Gasteiger partial charge in [-0.15, -0.1) is 0 Å². The van der Waals surface area contributed by atoms with E-state index < -0.39 is 0 Å². The number of nitrogens with zero attached hydrogens (tertiary/aromatic N) is 2. The predicted octanol–water partition coefficient (Wildman–Crippen LogP) is 2.81. The van der Waals surface area contributed by atoms with Crippen LogP contribution in [-0.2, 0) is 4.74 Å². The first kappa shape index (κ1) is 14.5. The Labute approximate surface area is 130 Å². The lowest BCUT2D eigenvalue weighted by atomic mass is 10.1. The summed E-state index contributed by atoms with van der Waals surface area (Å²) in [5.41, 5.74) is 2.74. The van der Waals surface area contributed by atoms with E-state index in [-0.39, 0.29) is 5.78 Å². The number of ketones is 1. The van der Waals surface area contributed by atoms with Crippen molar-refractivity contribution in [1.82, 2.24) is 4.98 Å². The maximum Gasteiger partial charge on any atom is 0.185 e. The number of benzene rings is 1. The molecule has 1 aromatic carbocycles. The van der Waals surface area contributed by atoms with Gasteiger partial charge in [-0.05, 0) is 48.0 Å². The third-order valence-electron chi connectivity index (χ3n) is 3.64. The summed E-state index contributed by atoms with van der Waals surface area (Å²) in [4.78, 5) is 18.5. The number of hydrogen-bond acceptors (Lipinski definition) is 4. The van der Waals surface area contributed by atoms with E-state index in [0.717, 1.165) is 37.6 Å². The maximum atomic E-state index is 12.2. The van der Waals surface area contributed by atoms with Gasteiger partial charge in [0.2, 0.25) is 0 Å². The van der Waals surface area contributed by atoms with Crippen molar-refractivity contribution in [2.75, 3.05) is 31.2 Å². The molecule has 1 aliphatic rings. The molecule has 0 aliphatic carbocycles. The zero-order valence-corrected chi connectivity index (χ0v) is 12.3. The summed E-state index contributed by atoms with van der Waals surface area (Å²) in [6.07, 6.45) is 6.81. The van der Waals surface area contributed by atoms with E-state index in [1.807, 2.05) is 36.4 Å². The number of allylic oxidation sites excluding steroid dienone is 1. The van der Waals surface area contributed by atoms with Gasteiger partial charge in [0.05, 0.1) is 13.2 Å². The van der Waals surface area contributed by atoms with Gasteiger partial charge in [-0.3, -0.25) is 9.78 Å². The molecule has 1 aromatic heterocycles. The molecule has 1 fully saturated rings. The third-order valence-corrected chi connectivity index (χ3v) is 3.64. The highest BCUT2D eigenvalue weighted by atomic mass is 16.5. The average Bonchev–Trinajstić information content (AvgIpc) is 2.61. The molecule has 0 atom stereocenters. The molecule has 1 saturated heterocycles. The molecule has 4 nitrogen and oxygen atoms in total. The Morgan fingerprint density at radius 2 is 1.91 bits per heavy atom. The van der Waals surface area contributed by atoms with E-state index >= 15 is 0 Å². The lowest BCUT2D eigenvalue weighted by Gasteiger charge is -2.28. The van der Waals surface area contributed by atoms with Gasteiger partial charge in [-0.2, -0.15) is 0 Å². The predicted molar refractivity (Wildman–Crippen MR) is 87.1 cm³/mol. The van der Waals surface area contributed by atoms with Gasteiger partial charge in [-0.25, -0.2) is 0 Å². The van der Waals surface area contributed by atoms with Crippen LogP contribution in [0.2, 0.25) is 0 Å². The van der Waals surface area contributed by atoms with E-state index in [4.69, 9.17) is 4.74 Å². The summed E-state index contributed by atoms with van der Waals surface area (Å²) < 4.78 is 5.35. The topological polar surface area (TPSA) is 42.4 Å². The maximum absolute atomic E-state index is 12.2. The minimum atomic E-state index is -0.00243. The van der Waals surface area contributed by atoms with Crippen molar-refractivity contribution in [2.45, 2.75) is 0 Å². The molecule has 4 heteroatoms. The normalized spacial score (nSPS) is 15.2. The van der Waals surface area contributed by atoms with Gasteiger partial charge in [0.25, 0.3) is 0 Å². The zero-order valence-electron chi connectivity index (χ0n) is 12.3. The number of rotatable bonds is 4. The van der Waals surface area contributed by atoms with Crippen LogP contribution >= 0.6 is 0 Å². The second kappa shape index (κ2) is 7.00. The van der Waals surface area contributed by atoms with E-state index in [2.05, 4.69) is 9.88 Å². The number of carbonyl (C=O) groups excluding carboxylic acids is 1. The highest BCUT2D eigenvalue weighted by Gasteiger charge is 2.11. The fraction of sp³-hybridized carbons (Fsp3) is 0.222. The molecule has 0 radical (unpaired) electrons. The third kappa shape index (κ3) is 3.59. The summed E-state index contributed by atoms with van der Waals surface area (Å²) in [6, 6.07) is 11.5. The molecule has 0 saturated carbocycles. The van der Waals surface area contributed by atoms with Gasteiger partial charge < -0.3 is 9.64 Å². The fourth-order valence-electron chi connectivity index (χ4n) is 2.40. The molecule has 3 rings (SSSR count). The van der Waals surface area contributed by atoms with Crippen molar-refractivity contribution in [1.29, 1.82) is 0 Å². The Kier molecular flexibility index (Phi) is 4.61. The van der Waals surface area contributed by atoms with Gasteiger partial charge in [0.1, 0.15) is 0 Å². The van der Waals surface area contributed by atoms with Crippen molar-refractivity contribution in [3.05, 3.63) is 66.0 Å². The Morgan fingerprint density at radius 1 is 1.14 bits per heavy atom. The monoisotopic (exact) mass is 294 g/mol. The second-order valence-electron chi connectivity index (χ2n) is 5.13. The first-order valence-electron chi connectivity index (χ1n) is 7.38. The van der Waals surface area contributed by atoms with Crippen LogP contribution < -0.4 is 4.90 Å². The first-order valence-corrected chi connectivity index (χ1v) is 7.38. The zero-order chi connectivity index (χ0) is 15.2. The van der Waals surface area contributed by atoms with E-state index in [0.29, 0.717) is 5.56 Å². The number of hydrogen-bond donors (Lipinski definition) is 0. The summed E-state index contributed by atoms with van der Waals surface area (Å²) in [6.45, 7) is 3.31. The number of ether oxygens (including phenoxy) is 1. The summed E-state index contributed by atoms with van der Waals surface area (Å²) in [7, 11) is 0. The SMILES string of the molecule is O=C(/C=C/c1cccnc1)c1ccc(N2CCOCC2)cc1. The van der Waals surface area contributed by atoms with Crippen molar-refractivity contribution in [3.8, 4) is 0 Å². The minimum absolute atomic E-state index is 0.00243. The van der Waals surface area contributed by atoms with Crippen molar-refractivity contribution in [3.63, 3.8) is 0 Å². The molecule has 0 unspecified atom stereocenters. The van der Waals surface area contributed by atoms with Gasteiger partial charge in [0, 0.05) is 36.7 Å². The number of carbonyl (C=O) groups is 1. The Morgan fingerprint density at radius 3 is 2.59 bits per heavy atom. The molecule has 0 spiro atoms. The van der Waals surface area contributed by atoms with Crippen LogP contribution in [0.4, 0.5) is 5.69 Å². The molecule has 112 valence electrons. The highest BCUT2D eigenvalue weighted by Crippen LogP contribution is 2.17. The van der Waals surface area contributed by atoms with Crippen LogP contribution in [-0.4, -0.2) is 37.1 Å². The van der Waals surface area contributed by atoms with E-state index in [1.165, 1.54) is 0 Å². The van der Waals surface area contributed by atoms with Crippen LogP contribution in [0, 0.1) is 0 Å². The molecule has 0 amide bonds. The lowest BCUT2D eigenvalue weighted by Crippen LogP contribution is -2.36. The smallest absolute Gasteiger partial charge is 0.185 e. The average molecular weight is 294 g/mol. The molecule has 0 N–H and O–H groups in total. The second-order valence-corrected chi connectivity index (χ2v) is 5.13. The van der Waals surface area contributed by atoms with Gasteiger partial charge in [-0.1, -0.05) is 6.07 Å². The number of morpholine rings is 1. The number of aromatic nitrogens is 1. The molecular weight excluding hydrogens is 276 g/mol. The summed E-state index contributed by atoms with van der Waals surface area (Å²) >= 11 is 0. The van der Waals surface area contributed by atoms with E-state index in [1.54, 1.807) is 24.5 Å². The van der Waals surface area contributed by atoms with Crippen molar-refractivity contribution < 1.29 is 9.53 Å². The first-order chi connectivity index (χ1) is 10.8. The van der Waals surface area contributed by atoms with Crippen LogP contribution in [0.5, 0.6) is 0 Å². The highest BCUT2D eigenvalue weighted by molar-refractivity contribution is 6.06. The Bertz CT molecular complexity index is 645. The van der Waals surface area contributed by atoms with Gasteiger partial charge in [0.15, 0.2) is 5.78 Å². The summed E-state index contributed by atoms with van der Waals surface area (Å²) in [5.74, 6) is -0.00243. The quantitative estimate of drug-likeness (QED) is 0.642. The molecule has 2 aromatic rings. The fourth-order valence-corrected chi connectivity index (χ4v) is 2.40. The van der Waals surface area contributed by atoms with Crippen LogP contribution in [0.25, 0.3) is 6.08 Å². The lowest BCUT2D eigenvalue weighted by molar-refractivity contribution is 0.104. The van der Waals surface area contributed by atoms with Crippen LogP contribution in [0.3, 0.4) is 0 Å². The van der Waals surface area contributed by atoms with E-state index in [9.17, 15) is 4.79 Å². The van der Waals surface area contributed by atoms with Gasteiger partial charge >= 0.3 is 0 Å². The minimum Gasteiger partial charge on any atom is -0.378 e. The van der Waals surface area contributed by atoms with Crippen LogP contribution in [0.15, 0.2) is 54.9 Å². The number of pyridine rings is 1. The van der Waals surface area contributed by atoms with Crippen molar-refractivity contribution in [2.24, 2.45) is 0 Å². The molecule has 22 heavy (non-hydrogen) atoms. The molecule has 1 aliphatic heterocycles. The largest absolute Gasteiger partial charge is 0.378 e. The van der Waals surface area contributed by atoms with Crippen molar-refractivity contribution >= 4 is 17.5 Å². The standard InChI is InChI=1S/C18H18N2O2/c21-18(8-3-15-2-1-9-19-14-15)16-4-6-17(7-5-16)20-10-12-22-13-11-20/h1-9,14H,10-13H2/b8-3+. The Hall–Kier alpha value is -2.46. The van der Waals surface area contributed by atoms with Crippen LogP contribution in [0.1, 0.15) is 15.9 Å². The number of anilines is 1. The molecular formula is C18H18N2O2.